The molecule has 0 saturated carbocycles. The van der Waals surface area contributed by atoms with Gasteiger partial charge >= 0.3 is 5.69 Å². The van der Waals surface area contributed by atoms with Crippen molar-refractivity contribution < 1.29 is 0 Å². The average Bonchev–Trinajstić information content (AvgIpc) is 2.82. The first-order valence-corrected chi connectivity index (χ1v) is 7.90. The summed E-state index contributed by atoms with van der Waals surface area (Å²) in [5.74, 6) is 0. The molecule has 0 amide bonds. The van der Waals surface area contributed by atoms with E-state index in [1.165, 1.54) is 57.8 Å². The molecule has 0 saturated heterocycles. The fraction of sp³-hybridized carbons (Fsp3) is 0.812. The Morgan fingerprint density at radius 2 is 1.58 bits per heavy atom. The van der Waals surface area contributed by atoms with Gasteiger partial charge < -0.3 is 9.97 Å². The number of rotatable bonds is 10. The lowest BCUT2D eigenvalue weighted by Gasteiger charge is -2.28. The number of hydrogen-bond acceptors (Lipinski definition) is 1. The highest BCUT2D eigenvalue weighted by Crippen LogP contribution is 2.33. The van der Waals surface area contributed by atoms with Crippen LogP contribution in [0, 0.1) is 0 Å². The molecule has 0 aliphatic heterocycles. The van der Waals surface area contributed by atoms with Crippen molar-refractivity contribution in [2.75, 3.05) is 0 Å². The molecule has 0 fully saturated rings. The lowest BCUT2D eigenvalue weighted by Crippen LogP contribution is -2.23. The summed E-state index contributed by atoms with van der Waals surface area (Å²) in [7, 11) is 0. The molecular weight excluding hydrogens is 236 g/mol. The normalized spacial score (nSPS) is 14.5. The van der Waals surface area contributed by atoms with Gasteiger partial charge in [0.15, 0.2) is 0 Å². The summed E-state index contributed by atoms with van der Waals surface area (Å²) in [6, 6.07) is 0. The van der Waals surface area contributed by atoms with E-state index in [-0.39, 0.29) is 11.1 Å². The zero-order valence-electron chi connectivity index (χ0n) is 12.8. The first-order chi connectivity index (χ1) is 9.12. The molecule has 1 atom stereocenters. The predicted molar refractivity (Wildman–Crippen MR) is 81.7 cm³/mol. The molecule has 1 aromatic heterocycles. The molecule has 1 heterocycles. The minimum absolute atomic E-state index is 0.0784. The van der Waals surface area contributed by atoms with Gasteiger partial charge in [-0.1, -0.05) is 65.7 Å². The average molecular weight is 266 g/mol. The smallest absolute Gasteiger partial charge is 0.313 e. The van der Waals surface area contributed by atoms with Gasteiger partial charge in [0.2, 0.25) is 0 Å². The van der Waals surface area contributed by atoms with Gasteiger partial charge in [-0.2, -0.15) is 0 Å². The number of unbranched alkanes of at least 4 members (excludes halogenated alkanes) is 5. The Bertz CT molecular complexity index is 393. The Labute approximate surface area is 117 Å². The first kappa shape index (κ1) is 16.1. The summed E-state index contributed by atoms with van der Waals surface area (Å²) < 4.78 is 0. The van der Waals surface area contributed by atoms with Crippen LogP contribution in [0.3, 0.4) is 0 Å². The van der Waals surface area contributed by atoms with Gasteiger partial charge in [-0.15, -0.1) is 0 Å². The van der Waals surface area contributed by atoms with E-state index in [4.69, 9.17) is 0 Å². The molecule has 2 N–H and O–H groups in total. The predicted octanol–water partition coefficient (Wildman–Crippen LogP) is 4.51. The van der Waals surface area contributed by atoms with Crippen LogP contribution in [0.1, 0.15) is 84.3 Å². The maximum Gasteiger partial charge on any atom is 0.323 e. The molecule has 0 aliphatic carbocycles. The standard InChI is InChI=1S/C16H30N2O/c1-4-6-8-10-12-16(3,11-9-7-5-2)14-13-17-15(19)18-14/h13H,4-12H2,1-3H3,(H2,17,18,19). The number of aromatic nitrogens is 2. The molecular formula is C16H30N2O. The largest absolute Gasteiger partial charge is 0.323 e. The van der Waals surface area contributed by atoms with Crippen LogP contribution in [-0.4, -0.2) is 9.97 Å². The van der Waals surface area contributed by atoms with E-state index in [2.05, 4.69) is 30.7 Å². The van der Waals surface area contributed by atoms with Crippen molar-refractivity contribution in [2.45, 2.75) is 84.0 Å². The van der Waals surface area contributed by atoms with E-state index >= 15 is 0 Å². The third-order valence-electron chi connectivity index (χ3n) is 4.16. The van der Waals surface area contributed by atoms with Crippen molar-refractivity contribution in [2.24, 2.45) is 0 Å². The molecule has 19 heavy (non-hydrogen) atoms. The van der Waals surface area contributed by atoms with E-state index in [9.17, 15) is 4.79 Å². The van der Waals surface area contributed by atoms with Crippen molar-refractivity contribution in [3.8, 4) is 0 Å². The van der Waals surface area contributed by atoms with Crippen LogP contribution in [-0.2, 0) is 5.41 Å². The summed E-state index contributed by atoms with van der Waals surface area (Å²) in [5, 5.41) is 0. The minimum atomic E-state index is -0.0784. The van der Waals surface area contributed by atoms with Gasteiger partial charge in [0.05, 0.1) is 0 Å². The third kappa shape index (κ3) is 5.25. The van der Waals surface area contributed by atoms with Crippen molar-refractivity contribution in [3.05, 3.63) is 22.4 Å². The Morgan fingerprint density at radius 3 is 2.11 bits per heavy atom. The molecule has 110 valence electrons. The van der Waals surface area contributed by atoms with E-state index in [1.54, 1.807) is 0 Å². The fourth-order valence-corrected chi connectivity index (χ4v) is 2.76. The second-order valence-corrected chi connectivity index (χ2v) is 5.98. The quantitative estimate of drug-likeness (QED) is 0.601. The zero-order valence-corrected chi connectivity index (χ0v) is 12.8. The molecule has 1 aromatic rings. The topological polar surface area (TPSA) is 48.6 Å². The van der Waals surface area contributed by atoms with Gasteiger partial charge in [0.25, 0.3) is 0 Å². The molecule has 3 nitrogen and oxygen atoms in total. The summed E-state index contributed by atoms with van der Waals surface area (Å²) in [6.45, 7) is 6.77. The molecule has 0 radical (unpaired) electrons. The highest BCUT2D eigenvalue weighted by molar-refractivity contribution is 5.11. The molecule has 0 spiro atoms. The molecule has 0 bridgehead atoms. The first-order valence-electron chi connectivity index (χ1n) is 7.90. The Morgan fingerprint density at radius 1 is 1.00 bits per heavy atom. The van der Waals surface area contributed by atoms with Crippen LogP contribution in [0.2, 0.25) is 0 Å². The Kier molecular flexibility index (Phi) is 6.96. The summed E-state index contributed by atoms with van der Waals surface area (Å²) in [4.78, 5) is 17.1. The Balaban J connectivity index is 2.63. The lowest BCUT2D eigenvalue weighted by atomic mass is 9.77. The number of H-pyrrole nitrogens is 2. The van der Waals surface area contributed by atoms with Crippen LogP contribution >= 0.6 is 0 Å². The van der Waals surface area contributed by atoms with Gasteiger partial charge in [0, 0.05) is 17.3 Å². The van der Waals surface area contributed by atoms with Crippen LogP contribution in [0.15, 0.2) is 11.0 Å². The maximum absolute atomic E-state index is 11.3. The van der Waals surface area contributed by atoms with Crippen LogP contribution in [0.4, 0.5) is 0 Å². The van der Waals surface area contributed by atoms with Crippen molar-refractivity contribution in [1.82, 2.24) is 9.97 Å². The van der Waals surface area contributed by atoms with Gasteiger partial charge in [-0.3, -0.25) is 0 Å². The molecule has 1 unspecified atom stereocenters. The summed E-state index contributed by atoms with van der Waals surface area (Å²) >= 11 is 0. The molecule has 0 aromatic carbocycles. The van der Waals surface area contributed by atoms with Gasteiger partial charge in [-0.05, 0) is 12.8 Å². The fourth-order valence-electron chi connectivity index (χ4n) is 2.76. The van der Waals surface area contributed by atoms with Crippen molar-refractivity contribution in [1.29, 1.82) is 0 Å². The number of hydrogen-bond donors (Lipinski definition) is 2. The van der Waals surface area contributed by atoms with E-state index in [1.807, 2.05) is 6.20 Å². The number of aromatic amines is 2. The lowest BCUT2D eigenvalue weighted by molar-refractivity contribution is 0.358. The monoisotopic (exact) mass is 266 g/mol. The second-order valence-electron chi connectivity index (χ2n) is 5.98. The SMILES string of the molecule is CCCCCCC(C)(CCCCC)c1c[nH]c(=O)[nH]1. The minimum Gasteiger partial charge on any atom is -0.313 e. The van der Waals surface area contributed by atoms with Crippen LogP contribution < -0.4 is 5.69 Å². The molecule has 1 rings (SSSR count). The highest BCUT2D eigenvalue weighted by atomic mass is 16.1. The van der Waals surface area contributed by atoms with Gasteiger partial charge in [0.1, 0.15) is 0 Å². The maximum atomic E-state index is 11.3. The van der Waals surface area contributed by atoms with Gasteiger partial charge in [-0.25, -0.2) is 4.79 Å². The summed E-state index contributed by atoms with van der Waals surface area (Å²) in [6.07, 6.45) is 13.1. The van der Waals surface area contributed by atoms with E-state index < -0.39 is 0 Å². The van der Waals surface area contributed by atoms with Crippen LogP contribution in [0.25, 0.3) is 0 Å². The third-order valence-corrected chi connectivity index (χ3v) is 4.16. The van der Waals surface area contributed by atoms with Crippen molar-refractivity contribution >= 4 is 0 Å². The van der Waals surface area contributed by atoms with Crippen molar-refractivity contribution in [3.63, 3.8) is 0 Å². The molecule has 0 aliphatic rings. The van der Waals surface area contributed by atoms with Crippen LogP contribution in [0.5, 0.6) is 0 Å². The number of nitrogens with one attached hydrogen (secondary N) is 2. The number of imidazole rings is 1. The van der Waals surface area contributed by atoms with E-state index in [0.29, 0.717) is 0 Å². The summed E-state index contributed by atoms with van der Waals surface area (Å²) in [5.41, 5.74) is 1.14. The Hall–Kier alpha value is -0.990. The molecule has 3 heteroatoms. The second kappa shape index (κ2) is 8.23. The zero-order chi connectivity index (χ0) is 14.1. The highest BCUT2D eigenvalue weighted by Gasteiger charge is 2.27. The van der Waals surface area contributed by atoms with E-state index in [0.717, 1.165) is 5.69 Å².